The van der Waals surface area contributed by atoms with Crippen molar-refractivity contribution in [3.8, 4) is 0 Å². The quantitative estimate of drug-likeness (QED) is 0.818. The number of rotatable bonds is 3. The van der Waals surface area contributed by atoms with Crippen molar-refractivity contribution in [1.82, 2.24) is 0 Å². The highest BCUT2D eigenvalue weighted by molar-refractivity contribution is 7.93. The summed E-state index contributed by atoms with van der Waals surface area (Å²) in [5, 5.41) is 0.495. The molecule has 0 bridgehead atoms. The fourth-order valence-corrected chi connectivity index (χ4v) is 2.81. The SMILES string of the molecule is N/C=C(\S)CS(=O)(=O)c1ccc(Cl)cc1. The normalized spacial score (nSPS) is 12.8. The van der Waals surface area contributed by atoms with E-state index >= 15 is 0 Å². The van der Waals surface area contributed by atoms with Gasteiger partial charge in [0.1, 0.15) is 0 Å². The molecule has 0 spiro atoms. The maximum absolute atomic E-state index is 11.7. The summed E-state index contributed by atoms with van der Waals surface area (Å²) in [5.41, 5.74) is 5.16. The van der Waals surface area contributed by atoms with Crippen molar-refractivity contribution in [2.75, 3.05) is 5.75 Å². The summed E-state index contributed by atoms with van der Waals surface area (Å²) >= 11 is 9.58. The second kappa shape index (κ2) is 4.92. The number of sulfone groups is 1. The van der Waals surface area contributed by atoms with Crippen LogP contribution in [0, 0.1) is 0 Å². The number of halogens is 1. The molecule has 0 saturated heterocycles. The molecule has 3 nitrogen and oxygen atoms in total. The molecule has 0 saturated carbocycles. The van der Waals surface area contributed by atoms with Crippen molar-refractivity contribution < 1.29 is 8.42 Å². The van der Waals surface area contributed by atoms with Crippen molar-refractivity contribution in [3.63, 3.8) is 0 Å². The van der Waals surface area contributed by atoms with Gasteiger partial charge in [-0.1, -0.05) is 11.6 Å². The zero-order valence-corrected chi connectivity index (χ0v) is 10.2. The van der Waals surface area contributed by atoms with Gasteiger partial charge in [-0.15, -0.1) is 12.6 Å². The van der Waals surface area contributed by atoms with Gasteiger partial charge in [-0.2, -0.15) is 0 Å². The molecule has 15 heavy (non-hydrogen) atoms. The molecule has 0 unspecified atom stereocenters. The third-order valence-corrected chi connectivity index (χ3v) is 4.16. The van der Waals surface area contributed by atoms with Crippen LogP contribution in [0.15, 0.2) is 40.3 Å². The topological polar surface area (TPSA) is 60.2 Å². The van der Waals surface area contributed by atoms with Gasteiger partial charge >= 0.3 is 0 Å². The summed E-state index contributed by atoms with van der Waals surface area (Å²) in [5.74, 6) is -0.200. The molecule has 1 aromatic carbocycles. The van der Waals surface area contributed by atoms with Crippen LogP contribution in [-0.4, -0.2) is 14.2 Å². The van der Waals surface area contributed by atoms with E-state index in [9.17, 15) is 8.42 Å². The van der Waals surface area contributed by atoms with E-state index < -0.39 is 9.84 Å². The monoisotopic (exact) mass is 263 g/mol. The number of benzene rings is 1. The van der Waals surface area contributed by atoms with Crippen LogP contribution in [0.25, 0.3) is 0 Å². The van der Waals surface area contributed by atoms with Gasteiger partial charge in [-0.05, 0) is 24.3 Å². The predicted molar refractivity (Wildman–Crippen MR) is 64.8 cm³/mol. The first-order chi connectivity index (χ1) is 6.95. The Balaban J connectivity index is 3.02. The average molecular weight is 264 g/mol. The second-order valence-corrected chi connectivity index (χ2v) is 5.87. The largest absolute Gasteiger partial charge is 0.404 e. The molecule has 0 radical (unpaired) electrons. The fraction of sp³-hybridized carbons (Fsp3) is 0.111. The Labute approximate surface area is 99.3 Å². The maximum Gasteiger partial charge on any atom is 0.183 e. The number of hydrogen-bond donors (Lipinski definition) is 2. The Bertz CT molecular complexity index is 465. The van der Waals surface area contributed by atoms with Crippen molar-refractivity contribution in [2.24, 2.45) is 5.73 Å². The molecule has 0 aromatic heterocycles. The molecule has 0 fully saturated rings. The molecule has 0 heterocycles. The molecule has 1 aromatic rings. The summed E-state index contributed by atoms with van der Waals surface area (Å²) in [4.78, 5) is 0.519. The van der Waals surface area contributed by atoms with Gasteiger partial charge in [-0.25, -0.2) is 8.42 Å². The van der Waals surface area contributed by atoms with Crippen LogP contribution in [-0.2, 0) is 9.84 Å². The van der Waals surface area contributed by atoms with Gasteiger partial charge in [0.15, 0.2) is 9.84 Å². The van der Waals surface area contributed by atoms with Crippen LogP contribution in [0.3, 0.4) is 0 Å². The molecule has 0 aliphatic carbocycles. The summed E-state index contributed by atoms with van der Waals surface area (Å²) in [6, 6.07) is 5.96. The van der Waals surface area contributed by atoms with Crippen LogP contribution in [0.1, 0.15) is 0 Å². The Morgan fingerprint density at radius 2 is 1.93 bits per heavy atom. The molecule has 82 valence electrons. The molecule has 0 aliphatic heterocycles. The van der Waals surface area contributed by atoms with E-state index in [1.54, 1.807) is 0 Å². The Hall–Kier alpha value is -0.650. The first-order valence-electron chi connectivity index (χ1n) is 4.04. The lowest BCUT2D eigenvalue weighted by Gasteiger charge is -2.03. The highest BCUT2D eigenvalue weighted by Gasteiger charge is 2.14. The van der Waals surface area contributed by atoms with Crippen LogP contribution in [0.4, 0.5) is 0 Å². The molecule has 0 amide bonds. The van der Waals surface area contributed by atoms with Crippen molar-refractivity contribution in [3.05, 3.63) is 40.4 Å². The van der Waals surface area contributed by atoms with Gasteiger partial charge < -0.3 is 5.73 Å². The van der Waals surface area contributed by atoms with E-state index in [0.29, 0.717) is 9.93 Å². The lowest BCUT2D eigenvalue weighted by Crippen LogP contribution is -2.07. The van der Waals surface area contributed by atoms with Crippen molar-refractivity contribution in [1.29, 1.82) is 0 Å². The lowest BCUT2D eigenvalue weighted by atomic mass is 10.4. The minimum Gasteiger partial charge on any atom is -0.404 e. The molecular formula is C9H10ClNO2S2. The van der Waals surface area contributed by atoms with E-state index in [-0.39, 0.29) is 10.6 Å². The van der Waals surface area contributed by atoms with Crippen molar-refractivity contribution >= 4 is 34.1 Å². The minimum atomic E-state index is -3.37. The first-order valence-corrected chi connectivity index (χ1v) is 6.51. The van der Waals surface area contributed by atoms with E-state index in [2.05, 4.69) is 12.6 Å². The second-order valence-electron chi connectivity index (χ2n) is 2.87. The van der Waals surface area contributed by atoms with Gasteiger partial charge in [-0.3, -0.25) is 0 Å². The van der Waals surface area contributed by atoms with Gasteiger partial charge in [0.2, 0.25) is 0 Å². The molecule has 0 atom stereocenters. The van der Waals surface area contributed by atoms with E-state index in [1.807, 2.05) is 0 Å². The Morgan fingerprint density at radius 1 is 1.40 bits per heavy atom. The summed E-state index contributed by atoms with van der Waals surface area (Å²) in [7, 11) is -3.37. The Morgan fingerprint density at radius 3 is 2.40 bits per heavy atom. The minimum absolute atomic E-state index is 0.200. The number of hydrogen-bond acceptors (Lipinski definition) is 4. The number of thiol groups is 1. The highest BCUT2D eigenvalue weighted by atomic mass is 35.5. The summed E-state index contributed by atoms with van der Waals surface area (Å²) < 4.78 is 23.4. The smallest absolute Gasteiger partial charge is 0.183 e. The van der Waals surface area contributed by atoms with Crippen LogP contribution in [0.5, 0.6) is 0 Å². The maximum atomic E-state index is 11.7. The van der Waals surface area contributed by atoms with Crippen molar-refractivity contribution in [2.45, 2.75) is 4.90 Å². The predicted octanol–water partition coefficient (Wildman–Crippen LogP) is 1.84. The van der Waals surface area contributed by atoms with Crippen LogP contribution >= 0.6 is 24.2 Å². The molecule has 2 N–H and O–H groups in total. The third kappa shape index (κ3) is 3.44. The molecular weight excluding hydrogens is 254 g/mol. The number of nitrogens with two attached hydrogens (primary N) is 1. The van der Waals surface area contributed by atoms with Crippen LogP contribution in [0.2, 0.25) is 5.02 Å². The zero-order chi connectivity index (χ0) is 11.5. The lowest BCUT2D eigenvalue weighted by molar-refractivity contribution is 0.599. The van der Waals surface area contributed by atoms with Crippen LogP contribution < -0.4 is 5.73 Å². The van der Waals surface area contributed by atoms with E-state index in [4.69, 9.17) is 17.3 Å². The third-order valence-electron chi connectivity index (χ3n) is 1.70. The average Bonchev–Trinajstić information content (AvgIpc) is 2.17. The standard InChI is InChI=1S/C9H10ClNO2S2/c10-7-1-3-9(4-2-7)15(12,13)6-8(14)5-11/h1-5,14H,6,11H2/b8-5-. The van der Waals surface area contributed by atoms with Gasteiger partial charge in [0.25, 0.3) is 0 Å². The van der Waals surface area contributed by atoms with Gasteiger partial charge in [0, 0.05) is 16.1 Å². The van der Waals surface area contributed by atoms with E-state index in [1.165, 1.54) is 24.3 Å². The Kier molecular flexibility index (Phi) is 4.07. The molecule has 1 rings (SSSR count). The summed E-state index contributed by atoms with van der Waals surface area (Å²) in [6.07, 6.45) is 1.16. The first kappa shape index (κ1) is 12.4. The molecule has 0 aliphatic rings. The fourth-order valence-electron chi connectivity index (χ4n) is 0.968. The molecule has 6 heteroatoms. The van der Waals surface area contributed by atoms with Gasteiger partial charge in [0.05, 0.1) is 10.6 Å². The highest BCUT2D eigenvalue weighted by Crippen LogP contribution is 2.17. The zero-order valence-electron chi connectivity index (χ0n) is 7.72. The van der Waals surface area contributed by atoms with E-state index in [0.717, 1.165) is 6.20 Å². The summed E-state index contributed by atoms with van der Waals surface area (Å²) in [6.45, 7) is 0.